The lowest BCUT2D eigenvalue weighted by Crippen LogP contribution is -2.19. The molecule has 0 aliphatic carbocycles. The molecule has 0 saturated carbocycles. The molecule has 3 aromatic heterocycles. The van der Waals surface area contributed by atoms with Crippen LogP contribution in [0, 0.1) is 6.92 Å². The molecule has 0 saturated heterocycles. The molecule has 0 unspecified atom stereocenters. The highest BCUT2D eigenvalue weighted by atomic mass is 35.5. The van der Waals surface area contributed by atoms with Gasteiger partial charge >= 0.3 is 6.18 Å². The molecule has 4 aromatic rings. The largest absolute Gasteiger partial charge is 0.408 e. The maximum absolute atomic E-state index is 12.9. The van der Waals surface area contributed by atoms with Gasteiger partial charge in [-0.05, 0) is 24.6 Å². The number of hydrogen-bond donors (Lipinski definition) is 3. The second kappa shape index (κ2) is 7.82. The van der Waals surface area contributed by atoms with Crippen molar-refractivity contribution in [3.8, 4) is 0 Å². The van der Waals surface area contributed by atoms with Crippen LogP contribution in [0.2, 0.25) is 5.02 Å². The Morgan fingerprint density at radius 3 is 2.60 bits per heavy atom. The molecule has 0 aliphatic heterocycles. The van der Waals surface area contributed by atoms with Crippen molar-refractivity contribution in [3.05, 3.63) is 52.8 Å². The van der Waals surface area contributed by atoms with Crippen LogP contribution in [0.1, 0.15) is 11.3 Å². The third-order valence-electron chi connectivity index (χ3n) is 4.14. The number of hydrogen-bond acceptors (Lipinski definition) is 6. The normalized spacial score (nSPS) is 11.8. The lowest BCUT2D eigenvalue weighted by molar-refractivity contribution is -0.141. The van der Waals surface area contributed by atoms with Crippen LogP contribution in [0.3, 0.4) is 0 Å². The Balaban J connectivity index is 1.69. The molecule has 0 aliphatic rings. The SMILES string of the molecule is Cc1cc(Nc2nc(NCc3ccc(Cl)cc3)nc3c2cnn3CC(F)(F)F)n[nH]1. The van der Waals surface area contributed by atoms with Crippen LogP contribution in [0.5, 0.6) is 0 Å². The van der Waals surface area contributed by atoms with Gasteiger partial charge in [-0.1, -0.05) is 23.7 Å². The van der Waals surface area contributed by atoms with Crippen LogP contribution >= 0.6 is 11.6 Å². The Labute approximate surface area is 173 Å². The monoisotopic (exact) mass is 436 g/mol. The van der Waals surface area contributed by atoms with E-state index in [1.54, 1.807) is 18.2 Å². The number of aromatic amines is 1. The molecule has 0 fully saturated rings. The molecular weight excluding hydrogens is 421 g/mol. The predicted octanol–water partition coefficient (Wildman–Crippen LogP) is 4.43. The standard InChI is InChI=1S/C18H16ClF3N8/c1-10-6-14(29-28-10)25-15-13-8-24-30(9-18(20,21)22)16(13)27-17(26-15)23-7-11-2-4-12(19)5-3-11/h2-6,8H,7,9H2,1H3,(H3,23,25,26,27,28,29). The summed E-state index contributed by atoms with van der Waals surface area (Å²) in [4.78, 5) is 8.64. The quantitative estimate of drug-likeness (QED) is 0.414. The fraction of sp³-hybridized carbons (Fsp3) is 0.222. The number of nitrogens with zero attached hydrogens (tertiary/aromatic N) is 5. The molecule has 156 valence electrons. The van der Waals surface area contributed by atoms with Crippen molar-refractivity contribution in [2.24, 2.45) is 0 Å². The van der Waals surface area contributed by atoms with Gasteiger partial charge in [0.15, 0.2) is 11.5 Å². The Hall–Kier alpha value is -3.34. The molecule has 3 N–H and O–H groups in total. The van der Waals surface area contributed by atoms with E-state index in [9.17, 15) is 13.2 Å². The summed E-state index contributed by atoms with van der Waals surface area (Å²) in [5, 5.41) is 17.7. The van der Waals surface area contributed by atoms with E-state index < -0.39 is 12.7 Å². The summed E-state index contributed by atoms with van der Waals surface area (Å²) in [5.74, 6) is 0.911. The smallest absolute Gasteiger partial charge is 0.350 e. The molecule has 1 aromatic carbocycles. The molecule has 0 spiro atoms. The summed E-state index contributed by atoms with van der Waals surface area (Å²) < 4.78 is 39.6. The van der Waals surface area contributed by atoms with E-state index in [0.717, 1.165) is 15.9 Å². The highest BCUT2D eigenvalue weighted by Crippen LogP contribution is 2.27. The average molecular weight is 437 g/mol. The lowest BCUT2D eigenvalue weighted by Gasteiger charge is -2.11. The first-order valence-corrected chi connectivity index (χ1v) is 9.22. The third kappa shape index (κ3) is 4.62. The van der Waals surface area contributed by atoms with Crippen LogP contribution in [-0.4, -0.2) is 36.1 Å². The van der Waals surface area contributed by atoms with Gasteiger partial charge in [-0.3, -0.25) is 5.10 Å². The van der Waals surface area contributed by atoms with Crippen molar-refractivity contribution in [3.63, 3.8) is 0 Å². The number of rotatable bonds is 6. The summed E-state index contributed by atoms with van der Waals surface area (Å²) in [6.07, 6.45) is -3.14. The number of halogens is 4. The van der Waals surface area contributed by atoms with Gasteiger partial charge in [-0.15, -0.1) is 0 Å². The second-order valence-electron chi connectivity index (χ2n) is 6.59. The number of aromatic nitrogens is 6. The van der Waals surface area contributed by atoms with Crippen molar-refractivity contribution in [1.82, 2.24) is 29.9 Å². The van der Waals surface area contributed by atoms with Crippen molar-refractivity contribution in [2.75, 3.05) is 10.6 Å². The van der Waals surface area contributed by atoms with Gasteiger partial charge in [-0.2, -0.15) is 33.3 Å². The molecule has 0 bridgehead atoms. The van der Waals surface area contributed by atoms with Crippen LogP contribution < -0.4 is 10.6 Å². The first-order valence-electron chi connectivity index (χ1n) is 8.84. The first kappa shape index (κ1) is 20.0. The van der Waals surface area contributed by atoms with Gasteiger partial charge in [0.2, 0.25) is 5.95 Å². The zero-order valence-electron chi connectivity index (χ0n) is 15.6. The summed E-state index contributed by atoms with van der Waals surface area (Å²) in [6, 6.07) is 8.89. The molecule has 12 heteroatoms. The first-order chi connectivity index (χ1) is 14.3. The molecule has 8 nitrogen and oxygen atoms in total. The van der Waals surface area contributed by atoms with Crippen molar-refractivity contribution in [2.45, 2.75) is 26.2 Å². The minimum Gasteiger partial charge on any atom is -0.350 e. The van der Waals surface area contributed by atoms with Gasteiger partial charge in [0.25, 0.3) is 0 Å². The molecule has 3 heterocycles. The highest BCUT2D eigenvalue weighted by molar-refractivity contribution is 6.30. The summed E-state index contributed by atoms with van der Waals surface area (Å²) in [5.41, 5.74) is 1.77. The van der Waals surface area contributed by atoms with Crippen molar-refractivity contribution < 1.29 is 13.2 Å². The van der Waals surface area contributed by atoms with E-state index in [1.807, 2.05) is 19.1 Å². The minimum absolute atomic E-state index is 0.0516. The molecule has 0 radical (unpaired) electrons. The maximum atomic E-state index is 12.9. The topological polar surface area (TPSA) is 96.3 Å². The molecule has 0 atom stereocenters. The predicted molar refractivity (Wildman–Crippen MR) is 107 cm³/mol. The minimum atomic E-state index is -4.44. The van der Waals surface area contributed by atoms with Gasteiger partial charge in [-0.25, -0.2) is 4.68 Å². The maximum Gasteiger partial charge on any atom is 0.408 e. The molecular formula is C18H16ClF3N8. The average Bonchev–Trinajstić information content (AvgIpc) is 3.26. The molecule has 30 heavy (non-hydrogen) atoms. The van der Waals surface area contributed by atoms with E-state index >= 15 is 0 Å². The van der Waals surface area contributed by atoms with E-state index in [-0.39, 0.29) is 11.6 Å². The summed E-state index contributed by atoms with van der Waals surface area (Å²) >= 11 is 5.89. The summed E-state index contributed by atoms with van der Waals surface area (Å²) in [7, 11) is 0. The van der Waals surface area contributed by atoms with E-state index in [0.29, 0.717) is 28.6 Å². The summed E-state index contributed by atoms with van der Waals surface area (Å²) in [6.45, 7) is 0.927. The Kier molecular flexibility index (Phi) is 5.20. The van der Waals surface area contributed by atoms with Crippen LogP contribution in [-0.2, 0) is 13.1 Å². The highest BCUT2D eigenvalue weighted by Gasteiger charge is 2.30. The van der Waals surface area contributed by atoms with Crippen molar-refractivity contribution >= 4 is 40.2 Å². The van der Waals surface area contributed by atoms with Gasteiger partial charge in [0.1, 0.15) is 12.4 Å². The number of H-pyrrole nitrogens is 1. The van der Waals surface area contributed by atoms with Crippen LogP contribution in [0.25, 0.3) is 11.0 Å². The number of nitrogens with one attached hydrogen (secondary N) is 3. The van der Waals surface area contributed by atoms with E-state index in [4.69, 9.17) is 11.6 Å². The molecule has 0 amide bonds. The Bertz CT molecular complexity index is 1170. The number of fused-ring (bicyclic) bond motifs is 1. The molecule has 4 rings (SSSR count). The van der Waals surface area contributed by atoms with Crippen LogP contribution in [0.15, 0.2) is 36.5 Å². The Morgan fingerprint density at radius 1 is 1.17 bits per heavy atom. The number of benzene rings is 1. The fourth-order valence-electron chi connectivity index (χ4n) is 2.80. The van der Waals surface area contributed by atoms with Gasteiger partial charge in [0, 0.05) is 23.3 Å². The zero-order chi connectivity index (χ0) is 21.3. The van der Waals surface area contributed by atoms with Gasteiger partial charge in [0.05, 0.1) is 11.6 Å². The fourth-order valence-corrected chi connectivity index (χ4v) is 2.93. The van der Waals surface area contributed by atoms with E-state index in [2.05, 4.69) is 35.9 Å². The zero-order valence-corrected chi connectivity index (χ0v) is 16.4. The van der Waals surface area contributed by atoms with Crippen molar-refractivity contribution in [1.29, 1.82) is 0 Å². The Morgan fingerprint density at radius 2 is 1.93 bits per heavy atom. The lowest BCUT2D eigenvalue weighted by atomic mass is 10.2. The van der Waals surface area contributed by atoms with Crippen LogP contribution in [0.4, 0.5) is 30.8 Å². The number of aryl methyl sites for hydroxylation is 1. The number of alkyl halides is 3. The third-order valence-corrected chi connectivity index (χ3v) is 4.39. The van der Waals surface area contributed by atoms with E-state index in [1.165, 1.54) is 6.20 Å². The van der Waals surface area contributed by atoms with Gasteiger partial charge < -0.3 is 10.6 Å². The second-order valence-corrected chi connectivity index (χ2v) is 7.03. The number of anilines is 3.